The molecule has 0 radical (unpaired) electrons. The van der Waals surface area contributed by atoms with Gasteiger partial charge in [-0.15, -0.1) is 0 Å². The van der Waals surface area contributed by atoms with Crippen LogP contribution < -0.4 is 0 Å². The number of methoxy groups -OCH3 is 1. The van der Waals surface area contributed by atoms with E-state index in [2.05, 4.69) is 60.7 Å². The summed E-state index contributed by atoms with van der Waals surface area (Å²) in [6, 6.07) is 21.7. The standard InChI is InChI=1S/C37H49NO4/c1-28(30-14-9-6-10-15-30)37-22-20-34(42-27-41-2)33(37)24-32(36(37)31-16-11-7-12-17-31)18-8-4-3-5-13-19-35(40)38-23-21-29(25-38)26-39/h6-7,9-12,14-17,29,33-34,39H,1,3-5,8,13,18-27H2,2H3/t29-,33?,34?,37?/m1/s1. The third-order valence-electron chi connectivity index (χ3n) is 10.1. The SMILES string of the molecule is C=C(c1ccccc1)C12CCC(OCOC)C1CC(CCCCCCCC(=O)N1CC[C@@H](CO)C1)=C2c1ccccc1. The molecule has 0 spiro atoms. The first-order valence-electron chi connectivity index (χ1n) is 16.1. The average molecular weight is 572 g/mol. The highest BCUT2D eigenvalue weighted by molar-refractivity contribution is 5.90. The smallest absolute Gasteiger partial charge is 0.222 e. The van der Waals surface area contributed by atoms with Crippen molar-refractivity contribution in [3.63, 3.8) is 0 Å². The van der Waals surface area contributed by atoms with Crippen molar-refractivity contribution in [2.45, 2.75) is 76.7 Å². The molecule has 1 saturated carbocycles. The normalized spacial score (nSPS) is 25.3. The quantitative estimate of drug-likeness (QED) is 0.178. The van der Waals surface area contributed by atoms with E-state index in [4.69, 9.17) is 16.1 Å². The van der Waals surface area contributed by atoms with Gasteiger partial charge in [-0.3, -0.25) is 4.79 Å². The Morgan fingerprint density at radius 1 is 1.00 bits per heavy atom. The minimum absolute atomic E-state index is 0.137. The molecule has 3 aliphatic rings. The maximum atomic E-state index is 12.5. The fraction of sp³-hybridized carbons (Fsp3) is 0.541. The van der Waals surface area contributed by atoms with Crippen LogP contribution in [-0.4, -0.2) is 55.6 Å². The number of amides is 1. The minimum atomic E-state index is -0.137. The molecule has 5 nitrogen and oxygen atoms in total. The lowest BCUT2D eigenvalue weighted by molar-refractivity contribution is -0.130. The molecule has 226 valence electrons. The van der Waals surface area contributed by atoms with Crippen LogP contribution in [0.4, 0.5) is 0 Å². The monoisotopic (exact) mass is 571 g/mol. The maximum absolute atomic E-state index is 12.5. The second kappa shape index (κ2) is 14.6. The highest BCUT2D eigenvalue weighted by Crippen LogP contribution is 2.66. The number of unbranched alkanes of at least 4 members (excludes halogenated alkanes) is 4. The summed E-state index contributed by atoms with van der Waals surface area (Å²) in [5, 5.41) is 9.35. The number of hydrogen-bond acceptors (Lipinski definition) is 4. The number of carbonyl (C=O) groups excluding carboxylic acids is 1. The summed E-state index contributed by atoms with van der Waals surface area (Å²) in [5.41, 5.74) is 6.68. The van der Waals surface area contributed by atoms with Gasteiger partial charge in [0.05, 0.1) is 6.10 Å². The predicted octanol–water partition coefficient (Wildman–Crippen LogP) is 7.51. The van der Waals surface area contributed by atoms with E-state index in [0.29, 0.717) is 19.1 Å². The number of rotatable bonds is 15. The Balaban J connectivity index is 1.26. The van der Waals surface area contributed by atoms with Gasteiger partial charge in [0.25, 0.3) is 0 Å². The van der Waals surface area contributed by atoms with Crippen molar-refractivity contribution in [3.05, 3.63) is 83.9 Å². The molecule has 1 N–H and O–H groups in total. The fourth-order valence-corrected chi connectivity index (χ4v) is 7.96. The zero-order valence-electron chi connectivity index (χ0n) is 25.4. The van der Waals surface area contributed by atoms with Crippen LogP contribution in [0.25, 0.3) is 11.1 Å². The highest BCUT2D eigenvalue weighted by atomic mass is 16.7. The number of carbonyl (C=O) groups is 1. The molecule has 1 heterocycles. The Morgan fingerprint density at radius 3 is 2.43 bits per heavy atom. The van der Waals surface area contributed by atoms with Gasteiger partial charge in [-0.2, -0.15) is 0 Å². The van der Waals surface area contributed by atoms with Gasteiger partial charge in [0.2, 0.25) is 5.91 Å². The second-order valence-corrected chi connectivity index (χ2v) is 12.6. The second-order valence-electron chi connectivity index (χ2n) is 12.6. The molecule has 1 saturated heterocycles. The molecule has 5 heteroatoms. The summed E-state index contributed by atoms with van der Waals surface area (Å²) in [6.07, 6.45) is 11.5. The average Bonchev–Trinajstić information content (AvgIpc) is 3.74. The summed E-state index contributed by atoms with van der Waals surface area (Å²) in [4.78, 5) is 14.5. The van der Waals surface area contributed by atoms with Gasteiger partial charge in [0, 0.05) is 50.5 Å². The van der Waals surface area contributed by atoms with Crippen LogP contribution in [-0.2, 0) is 14.3 Å². The minimum Gasteiger partial charge on any atom is -0.396 e. The van der Waals surface area contributed by atoms with E-state index >= 15 is 0 Å². The zero-order valence-corrected chi connectivity index (χ0v) is 25.4. The van der Waals surface area contributed by atoms with Crippen molar-refractivity contribution in [2.24, 2.45) is 17.3 Å². The van der Waals surface area contributed by atoms with Crippen molar-refractivity contribution in [1.29, 1.82) is 0 Å². The van der Waals surface area contributed by atoms with E-state index in [0.717, 1.165) is 70.9 Å². The number of aliphatic hydroxyl groups excluding tert-OH is 1. The third-order valence-corrected chi connectivity index (χ3v) is 10.1. The number of aliphatic hydroxyl groups is 1. The van der Waals surface area contributed by atoms with Crippen LogP contribution in [0.3, 0.4) is 0 Å². The largest absolute Gasteiger partial charge is 0.396 e. The summed E-state index contributed by atoms with van der Waals surface area (Å²) in [6.45, 7) is 6.83. The van der Waals surface area contributed by atoms with Crippen molar-refractivity contribution >= 4 is 17.1 Å². The van der Waals surface area contributed by atoms with Crippen molar-refractivity contribution in [3.8, 4) is 0 Å². The van der Waals surface area contributed by atoms with Crippen LogP contribution >= 0.6 is 0 Å². The number of ether oxygens (including phenoxy) is 2. The van der Waals surface area contributed by atoms with Crippen LogP contribution in [0.1, 0.15) is 81.8 Å². The molecule has 2 aromatic rings. The van der Waals surface area contributed by atoms with E-state index in [-0.39, 0.29) is 30.0 Å². The van der Waals surface area contributed by atoms with Crippen LogP contribution in [0.5, 0.6) is 0 Å². The zero-order chi connectivity index (χ0) is 29.4. The Bertz CT molecular complexity index is 1210. The van der Waals surface area contributed by atoms with Gasteiger partial charge in [0.1, 0.15) is 6.79 Å². The molecular formula is C37H49NO4. The molecule has 42 heavy (non-hydrogen) atoms. The molecular weight excluding hydrogens is 522 g/mol. The number of benzene rings is 2. The Morgan fingerprint density at radius 2 is 1.71 bits per heavy atom. The molecule has 5 rings (SSSR count). The number of nitrogens with zero attached hydrogens (tertiary/aromatic N) is 1. The lowest BCUT2D eigenvalue weighted by Gasteiger charge is -2.37. The molecule has 2 fully saturated rings. The van der Waals surface area contributed by atoms with E-state index in [9.17, 15) is 9.90 Å². The van der Waals surface area contributed by atoms with Crippen molar-refractivity contribution in [2.75, 3.05) is 33.6 Å². The molecule has 3 unspecified atom stereocenters. The van der Waals surface area contributed by atoms with Crippen molar-refractivity contribution < 1.29 is 19.4 Å². The number of fused-ring (bicyclic) bond motifs is 1. The highest BCUT2D eigenvalue weighted by Gasteiger charge is 2.57. The van der Waals surface area contributed by atoms with Gasteiger partial charge < -0.3 is 19.5 Å². The molecule has 0 aromatic heterocycles. The first kappa shape index (κ1) is 30.7. The summed E-state index contributed by atoms with van der Waals surface area (Å²) in [5.74, 6) is 0.882. The number of likely N-dealkylation sites (tertiary alicyclic amines) is 1. The lowest BCUT2D eigenvalue weighted by atomic mass is 9.66. The van der Waals surface area contributed by atoms with Gasteiger partial charge in [-0.25, -0.2) is 0 Å². The summed E-state index contributed by atoms with van der Waals surface area (Å²) in [7, 11) is 1.70. The maximum Gasteiger partial charge on any atom is 0.222 e. The number of hydrogen-bond donors (Lipinski definition) is 1. The van der Waals surface area contributed by atoms with Gasteiger partial charge in [-0.05, 0) is 67.2 Å². The van der Waals surface area contributed by atoms with E-state index in [1.54, 1.807) is 12.7 Å². The van der Waals surface area contributed by atoms with Gasteiger partial charge >= 0.3 is 0 Å². The molecule has 0 bridgehead atoms. The van der Waals surface area contributed by atoms with E-state index < -0.39 is 0 Å². The Kier molecular flexibility index (Phi) is 10.7. The van der Waals surface area contributed by atoms with E-state index in [1.807, 2.05) is 4.90 Å². The third kappa shape index (κ3) is 6.59. The molecule has 1 aliphatic heterocycles. The topological polar surface area (TPSA) is 59.0 Å². The van der Waals surface area contributed by atoms with E-state index in [1.165, 1.54) is 28.7 Å². The molecule has 2 aromatic carbocycles. The first-order chi connectivity index (χ1) is 20.6. The van der Waals surface area contributed by atoms with Crippen LogP contribution in [0, 0.1) is 17.3 Å². The van der Waals surface area contributed by atoms with Crippen LogP contribution in [0.15, 0.2) is 72.8 Å². The van der Waals surface area contributed by atoms with Gasteiger partial charge in [-0.1, -0.05) is 92.1 Å². The Hall–Kier alpha value is -2.73. The molecule has 2 aliphatic carbocycles. The van der Waals surface area contributed by atoms with Crippen molar-refractivity contribution in [1.82, 2.24) is 4.90 Å². The predicted molar refractivity (Wildman–Crippen MR) is 169 cm³/mol. The summed E-state index contributed by atoms with van der Waals surface area (Å²) >= 11 is 0. The lowest BCUT2D eigenvalue weighted by Crippen LogP contribution is -2.30. The number of allylic oxidation sites excluding steroid dienone is 3. The first-order valence-corrected chi connectivity index (χ1v) is 16.1. The van der Waals surface area contributed by atoms with Gasteiger partial charge in [0.15, 0.2) is 0 Å². The molecule has 4 atom stereocenters. The molecule has 1 amide bonds. The Labute approximate surface area is 252 Å². The van der Waals surface area contributed by atoms with Crippen LogP contribution in [0.2, 0.25) is 0 Å². The fourth-order valence-electron chi connectivity index (χ4n) is 7.96. The summed E-state index contributed by atoms with van der Waals surface area (Å²) < 4.78 is 11.7.